The molecule has 1 aliphatic heterocycles. The first-order valence-corrected chi connectivity index (χ1v) is 11.8. The number of aryl methyl sites for hydroxylation is 1. The highest BCUT2D eigenvalue weighted by molar-refractivity contribution is 7.89. The van der Waals surface area contributed by atoms with E-state index in [-0.39, 0.29) is 23.2 Å². The average molecular weight is 466 g/mol. The fourth-order valence-corrected chi connectivity index (χ4v) is 5.35. The number of piperidine rings is 1. The summed E-state index contributed by atoms with van der Waals surface area (Å²) in [6, 6.07) is 8.92. The van der Waals surface area contributed by atoms with Crippen LogP contribution in [0, 0.1) is 18.6 Å². The summed E-state index contributed by atoms with van der Waals surface area (Å²) in [5.41, 5.74) is 0.648. The first-order valence-electron chi connectivity index (χ1n) is 10.3. The molecule has 0 aromatic heterocycles. The molecule has 1 aliphatic rings. The Morgan fingerprint density at radius 3 is 2.47 bits per heavy atom. The number of hydrogen-bond donors (Lipinski definition) is 2. The second kappa shape index (κ2) is 10.2. The van der Waals surface area contributed by atoms with Crippen molar-refractivity contribution in [2.45, 2.75) is 43.5 Å². The second-order valence-electron chi connectivity index (χ2n) is 7.70. The van der Waals surface area contributed by atoms with Gasteiger partial charge in [0.05, 0.1) is 10.6 Å². The molecule has 2 amide bonds. The van der Waals surface area contributed by atoms with E-state index >= 15 is 0 Å². The molecule has 0 unspecified atom stereocenters. The fourth-order valence-electron chi connectivity index (χ4n) is 3.63. The molecule has 2 N–H and O–H groups in total. The summed E-state index contributed by atoms with van der Waals surface area (Å²) in [4.78, 5) is 24.2. The highest BCUT2D eigenvalue weighted by Crippen LogP contribution is 2.27. The van der Waals surface area contributed by atoms with E-state index in [2.05, 4.69) is 10.6 Å². The second-order valence-corrected chi connectivity index (χ2v) is 9.59. The molecule has 0 radical (unpaired) electrons. The molecule has 1 fully saturated rings. The Labute approximate surface area is 185 Å². The van der Waals surface area contributed by atoms with Crippen molar-refractivity contribution in [2.75, 3.05) is 18.4 Å². The van der Waals surface area contributed by atoms with Crippen LogP contribution < -0.4 is 10.6 Å². The molecule has 7 nitrogen and oxygen atoms in total. The normalized spacial score (nSPS) is 17.0. The van der Waals surface area contributed by atoms with Crippen LogP contribution in [0.25, 0.3) is 0 Å². The molecule has 10 heteroatoms. The number of benzene rings is 2. The number of carbonyl (C=O) groups excluding carboxylic acids is 2. The van der Waals surface area contributed by atoms with Crippen molar-refractivity contribution in [1.29, 1.82) is 0 Å². The maximum Gasteiger partial charge on any atom is 0.313 e. The van der Waals surface area contributed by atoms with E-state index in [0.29, 0.717) is 25.5 Å². The third-order valence-electron chi connectivity index (χ3n) is 5.35. The summed E-state index contributed by atoms with van der Waals surface area (Å²) in [7, 11) is -3.67. The number of amides is 2. The minimum atomic E-state index is -3.67. The largest absolute Gasteiger partial charge is 0.348 e. The maximum absolute atomic E-state index is 13.6. The lowest BCUT2D eigenvalue weighted by Gasteiger charge is -2.34. The Morgan fingerprint density at radius 2 is 1.78 bits per heavy atom. The van der Waals surface area contributed by atoms with E-state index in [1.54, 1.807) is 24.3 Å². The van der Waals surface area contributed by atoms with Crippen molar-refractivity contribution >= 4 is 27.5 Å². The monoisotopic (exact) mass is 465 g/mol. The minimum Gasteiger partial charge on any atom is -0.348 e. The molecule has 2 aromatic carbocycles. The van der Waals surface area contributed by atoms with Crippen LogP contribution in [0.1, 0.15) is 31.2 Å². The van der Waals surface area contributed by atoms with Gasteiger partial charge in [0.1, 0.15) is 11.6 Å². The number of rotatable bonds is 6. The summed E-state index contributed by atoms with van der Waals surface area (Å²) in [5, 5.41) is 4.52. The summed E-state index contributed by atoms with van der Waals surface area (Å²) in [5.74, 6) is -3.88. The Morgan fingerprint density at radius 1 is 1.06 bits per heavy atom. The Kier molecular flexibility index (Phi) is 7.57. The lowest BCUT2D eigenvalue weighted by atomic mass is 10.0. The van der Waals surface area contributed by atoms with Crippen LogP contribution in [0.2, 0.25) is 0 Å². The molecule has 0 bridgehead atoms. The zero-order chi connectivity index (χ0) is 23.3. The highest BCUT2D eigenvalue weighted by atomic mass is 32.2. The van der Waals surface area contributed by atoms with Crippen LogP contribution in [-0.2, 0) is 19.6 Å². The van der Waals surface area contributed by atoms with Crippen molar-refractivity contribution in [1.82, 2.24) is 9.62 Å². The molecule has 172 valence electrons. The van der Waals surface area contributed by atoms with Gasteiger partial charge in [0.15, 0.2) is 0 Å². The number of hydrogen-bond acceptors (Lipinski definition) is 4. The molecule has 1 saturated heterocycles. The van der Waals surface area contributed by atoms with Gasteiger partial charge >= 0.3 is 11.8 Å². The van der Waals surface area contributed by atoms with Gasteiger partial charge in [0.25, 0.3) is 0 Å². The van der Waals surface area contributed by atoms with Crippen LogP contribution >= 0.6 is 0 Å². The van der Waals surface area contributed by atoms with Crippen LogP contribution in [0.15, 0.2) is 47.4 Å². The SMILES string of the molecule is Cc1ccc(S(=O)(=O)N2CCCC[C@@H]2CCNC(=O)C(=O)Nc2ccc(F)cc2F)cc1. The lowest BCUT2D eigenvalue weighted by Crippen LogP contribution is -2.45. The van der Waals surface area contributed by atoms with E-state index in [9.17, 15) is 26.8 Å². The van der Waals surface area contributed by atoms with Gasteiger partial charge in [-0.1, -0.05) is 24.1 Å². The smallest absolute Gasteiger partial charge is 0.313 e. The van der Waals surface area contributed by atoms with Gasteiger partial charge in [-0.25, -0.2) is 17.2 Å². The standard InChI is InChI=1S/C22H25F2N3O4S/c1-15-5-8-18(9-6-15)32(30,31)27-13-3-2-4-17(27)11-12-25-21(28)22(29)26-20-10-7-16(23)14-19(20)24/h5-10,14,17H,2-4,11-13H2,1H3,(H,25,28)(H,26,29)/t17-/m1/s1. The number of carbonyl (C=O) groups is 2. The molecule has 2 aromatic rings. The Bertz CT molecular complexity index is 1090. The summed E-state index contributed by atoms with van der Waals surface area (Å²) in [6.07, 6.45) is 2.59. The highest BCUT2D eigenvalue weighted by Gasteiger charge is 2.33. The van der Waals surface area contributed by atoms with Gasteiger partial charge in [-0.2, -0.15) is 4.31 Å². The van der Waals surface area contributed by atoms with E-state index in [0.717, 1.165) is 30.5 Å². The number of nitrogens with zero attached hydrogens (tertiary/aromatic N) is 1. The third-order valence-corrected chi connectivity index (χ3v) is 7.32. The van der Waals surface area contributed by atoms with Crippen LogP contribution in [0.3, 0.4) is 0 Å². The molecule has 1 heterocycles. The summed E-state index contributed by atoms with van der Waals surface area (Å²) < 4.78 is 54.2. The fraction of sp³-hybridized carbons (Fsp3) is 0.364. The minimum absolute atomic E-state index is 0.0722. The van der Waals surface area contributed by atoms with Crippen LogP contribution in [-0.4, -0.2) is 43.7 Å². The molecule has 0 aliphatic carbocycles. The van der Waals surface area contributed by atoms with Gasteiger partial charge in [-0.3, -0.25) is 9.59 Å². The Hall–Kier alpha value is -2.85. The maximum atomic E-state index is 13.6. The van der Waals surface area contributed by atoms with Gasteiger partial charge in [0.2, 0.25) is 10.0 Å². The topological polar surface area (TPSA) is 95.6 Å². The summed E-state index contributed by atoms with van der Waals surface area (Å²) in [6.45, 7) is 2.34. The molecule has 32 heavy (non-hydrogen) atoms. The number of sulfonamides is 1. The molecule has 0 saturated carbocycles. The molecule has 1 atom stereocenters. The number of halogens is 2. The quantitative estimate of drug-likeness (QED) is 0.642. The molecule has 3 rings (SSSR count). The predicted octanol–water partition coefficient (Wildman–Crippen LogP) is 2.96. The zero-order valence-electron chi connectivity index (χ0n) is 17.6. The molecular weight excluding hydrogens is 440 g/mol. The van der Waals surface area contributed by atoms with Crippen LogP contribution in [0.5, 0.6) is 0 Å². The van der Waals surface area contributed by atoms with Gasteiger partial charge in [-0.15, -0.1) is 0 Å². The van der Waals surface area contributed by atoms with Crippen molar-refractivity contribution in [3.05, 3.63) is 59.7 Å². The van der Waals surface area contributed by atoms with Gasteiger partial charge in [0, 0.05) is 25.2 Å². The number of anilines is 1. The Balaban J connectivity index is 1.58. The van der Waals surface area contributed by atoms with E-state index < -0.39 is 33.5 Å². The van der Waals surface area contributed by atoms with Crippen molar-refractivity contribution < 1.29 is 26.8 Å². The molecular formula is C22H25F2N3O4S. The first kappa shape index (κ1) is 23.8. The van der Waals surface area contributed by atoms with Gasteiger partial charge < -0.3 is 10.6 Å². The number of nitrogens with one attached hydrogen (secondary N) is 2. The van der Waals surface area contributed by atoms with Crippen molar-refractivity contribution in [3.8, 4) is 0 Å². The van der Waals surface area contributed by atoms with Crippen molar-refractivity contribution in [3.63, 3.8) is 0 Å². The van der Waals surface area contributed by atoms with Gasteiger partial charge in [-0.05, 0) is 50.5 Å². The lowest BCUT2D eigenvalue weighted by molar-refractivity contribution is -0.136. The molecule has 0 spiro atoms. The first-order chi connectivity index (χ1) is 15.2. The van der Waals surface area contributed by atoms with E-state index in [1.165, 1.54) is 4.31 Å². The predicted molar refractivity (Wildman–Crippen MR) is 115 cm³/mol. The van der Waals surface area contributed by atoms with E-state index in [4.69, 9.17) is 0 Å². The van der Waals surface area contributed by atoms with Crippen LogP contribution in [0.4, 0.5) is 14.5 Å². The summed E-state index contributed by atoms with van der Waals surface area (Å²) >= 11 is 0. The average Bonchev–Trinajstić information content (AvgIpc) is 2.76. The zero-order valence-corrected chi connectivity index (χ0v) is 18.4. The third kappa shape index (κ3) is 5.68. The van der Waals surface area contributed by atoms with E-state index in [1.807, 2.05) is 6.92 Å². The van der Waals surface area contributed by atoms with Crippen molar-refractivity contribution in [2.24, 2.45) is 0 Å².